The fraction of sp³-hybridized carbons (Fsp3) is 0.250. The van der Waals surface area contributed by atoms with Crippen LogP contribution in [0, 0.1) is 13.8 Å². The number of ketones is 1. The Morgan fingerprint density at radius 3 is 2.75 bits per heavy atom. The molecule has 82 valence electrons. The van der Waals surface area contributed by atoms with Crippen molar-refractivity contribution in [1.82, 2.24) is 15.0 Å². The molecule has 2 heterocycles. The Hall–Kier alpha value is -1.97. The van der Waals surface area contributed by atoms with Crippen LogP contribution in [-0.4, -0.2) is 20.7 Å². The van der Waals surface area contributed by atoms with Gasteiger partial charge in [-0.05, 0) is 25.5 Å². The molecule has 0 atom stereocenters. The smallest absolute Gasteiger partial charge is 0.175 e. The summed E-state index contributed by atoms with van der Waals surface area (Å²) in [5.41, 5.74) is 3.40. The van der Waals surface area contributed by atoms with Crippen LogP contribution in [0.2, 0.25) is 0 Å². The summed E-state index contributed by atoms with van der Waals surface area (Å²) in [7, 11) is 0. The van der Waals surface area contributed by atoms with Crippen molar-refractivity contribution in [2.75, 3.05) is 0 Å². The van der Waals surface area contributed by atoms with Crippen molar-refractivity contribution in [3.63, 3.8) is 0 Å². The predicted octanol–water partition coefficient (Wildman–Crippen LogP) is 2.29. The Balaban J connectivity index is 2.50. The van der Waals surface area contributed by atoms with Crippen LogP contribution in [-0.2, 0) is 0 Å². The second-order valence-electron chi connectivity index (χ2n) is 3.81. The molecular weight excluding hydrogens is 202 g/mol. The highest BCUT2D eigenvalue weighted by atomic mass is 16.1. The van der Waals surface area contributed by atoms with Gasteiger partial charge >= 0.3 is 0 Å². The minimum Gasteiger partial charge on any atom is -0.358 e. The number of aryl methyl sites for hydroxylation is 2. The van der Waals surface area contributed by atoms with Crippen molar-refractivity contribution in [3.8, 4) is 11.3 Å². The van der Waals surface area contributed by atoms with Gasteiger partial charge in [-0.2, -0.15) is 0 Å². The molecule has 0 spiro atoms. The molecule has 0 aliphatic carbocycles. The summed E-state index contributed by atoms with van der Waals surface area (Å²) in [6.07, 6.45) is 3.59. The largest absolute Gasteiger partial charge is 0.358 e. The van der Waals surface area contributed by atoms with Crippen molar-refractivity contribution in [3.05, 3.63) is 35.5 Å². The summed E-state index contributed by atoms with van der Waals surface area (Å²) in [4.78, 5) is 22.6. The molecule has 2 rings (SSSR count). The molecule has 4 heteroatoms. The van der Waals surface area contributed by atoms with Crippen LogP contribution in [0.25, 0.3) is 11.3 Å². The highest BCUT2D eigenvalue weighted by molar-refractivity contribution is 5.93. The van der Waals surface area contributed by atoms with Gasteiger partial charge in [0.2, 0.25) is 0 Å². The highest BCUT2D eigenvalue weighted by Crippen LogP contribution is 2.21. The first-order chi connectivity index (χ1) is 7.58. The monoisotopic (exact) mass is 215 g/mol. The number of aromatic amines is 1. The van der Waals surface area contributed by atoms with Gasteiger partial charge in [0.15, 0.2) is 5.78 Å². The lowest BCUT2D eigenvalue weighted by Crippen LogP contribution is -1.93. The molecule has 16 heavy (non-hydrogen) atoms. The van der Waals surface area contributed by atoms with Crippen molar-refractivity contribution in [2.24, 2.45) is 0 Å². The maximum absolute atomic E-state index is 11.2. The Bertz CT molecular complexity index is 543. The summed E-state index contributed by atoms with van der Waals surface area (Å²) in [6.45, 7) is 5.34. The zero-order valence-corrected chi connectivity index (χ0v) is 9.53. The van der Waals surface area contributed by atoms with Crippen LogP contribution in [0.1, 0.15) is 28.8 Å². The molecule has 0 aliphatic heterocycles. The van der Waals surface area contributed by atoms with Gasteiger partial charge in [-0.3, -0.25) is 4.79 Å². The van der Waals surface area contributed by atoms with E-state index < -0.39 is 0 Å². The molecule has 0 unspecified atom stereocenters. The lowest BCUT2D eigenvalue weighted by molar-refractivity contribution is 0.101. The third-order valence-corrected chi connectivity index (χ3v) is 2.43. The summed E-state index contributed by atoms with van der Waals surface area (Å²) in [6, 6.07) is 1.82. The molecule has 0 saturated carbocycles. The lowest BCUT2D eigenvalue weighted by Gasteiger charge is -2.02. The summed E-state index contributed by atoms with van der Waals surface area (Å²) < 4.78 is 0. The minimum absolute atomic E-state index is 0.0229. The van der Waals surface area contributed by atoms with E-state index in [9.17, 15) is 4.79 Å². The number of nitrogens with zero attached hydrogens (tertiary/aromatic N) is 2. The Morgan fingerprint density at radius 2 is 2.12 bits per heavy atom. The Kier molecular flexibility index (Phi) is 2.56. The number of nitrogens with one attached hydrogen (secondary N) is 1. The van der Waals surface area contributed by atoms with E-state index in [1.54, 1.807) is 12.4 Å². The molecule has 0 saturated heterocycles. The topological polar surface area (TPSA) is 58.6 Å². The third-order valence-electron chi connectivity index (χ3n) is 2.43. The van der Waals surface area contributed by atoms with Gasteiger partial charge in [0.05, 0.1) is 11.4 Å². The van der Waals surface area contributed by atoms with Crippen LogP contribution < -0.4 is 0 Å². The predicted molar refractivity (Wildman–Crippen MR) is 61.3 cm³/mol. The molecule has 0 bridgehead atoms. The van der Waals surface area contributed by atoms with Gasteiger partial charge in [0, 0.05) is 24.9 Å². The van der Waals surface area contributed by atoms with Gasteiger partial charge in [-0.1, -0.05) is 0 Å². The summed E-state index contributed by atoms with van der Waals surface area (Å²) in [5, 5.41) is 0. The molecule has 4 nitrogen and oxygen atoms in total. The van der Waals surface area contributed by atoms with Crippen molar-refractivity contribution in [1.29, 1.82) is 0 Å². The van der Waals surface area contributed by atoms with Crippen LogP contribution >= 0.6 is 0 Å². The molecule has 0 aromatic carbocycles. The van der Waals surface area contributed by atoms with E-state index in [0.29, 0.717) is 5.69 Å². The summed E-state index contributed by atoms with van der Waals surface area (Å²) >= 11 is 0. The average molecular weight is 215 g/mol. The van der Waals surface area contributed by atoms with Gasteiger partial charge in [-0.25, -0.2) is 9.97 Å². The number of aromatic nitrogens is 3. The maximum atomic E-state index is 11.2. The Morgan fingerprint density at radius 1 is 1.38 bits per heavy atom. The first-order valence-corrected chi connectivity index (χ1v) is 5.08. The first-order valence-electron chi connectivity index (χ1n) is 5.08. The molecule has 2 aromatic heterocycles. The normalized spacial score (nSPS) is 10.4. The number of hydrogen-bond acceptors (Lipinski definition) is 3. The third kappa shape index (κ3) is 1.86. The van der Waals surface area contributed by atoms with E-state index in [1.165, 1.54) is 6.92 Å². The van der Waals surface area contributed by atoms with Crippen LogP contribution in [0.3, 0.4) is 0 Å². The number of rotatable bonds is 2. The molecule has 0 amide bonds. The van der Waals surface area contributed by atoms with Crippen molar-refractivity contribution in [2.45, 2.75) is 20.8 Å². The second-order valence-corrected chi connectivity index (χ2v) is 3.81. The molecule has 0 radical (unpaired) electrons. The number of carbonyl (C=O) groups excluding carboxylic acids is 1. The van der Waals surface area contributed by atoms with Crippen molar-refractivity contribution < 1.29 is 4.79 Å². The van der Waals surface area contributed by atoms with Gasteiger partial charge in [-0.15, -0.1) is 0 Å². The fourth-order valence-electron chi connectivity index (χ4n) is 1.56. The maximum Gasteiger partial charge on any atom is 0.175 e. The molecule has 0 aliphatic rings. The van der Waals surface area contributed by atoms with Crippen LogP contribution in [0.15, 0.2) is 18.5 Å². The quantitative estimate of drug-likeness (QED) is 0.782. The number of H-pyrrole nitrogens is 1. The SMILES string of the molecule is CC(=O)c1cc(-c2nc(C)ncc2C)c[nH]1. The number of Topliss-reactive ketones (excluding diaryl/α,β-unsaturated/α-hetero) is 1. The fourth-order valence-corrected chi connectivity index (χ4v) is 1.56. The first kappa shape index (κ1) is 10.5. The number of carbonyl (C=O) groups is 1. The van der Waals surface area contributed by atoms with E-state index in [4.69, 9.17) is 0 Å². The molecule has 2 aromatic rings. The van der Waals surface area contributed by atoms with Crippen molar-refractivity contribution >= 4 is 5.78 Å². The highest BCUT2D eigenvalue weighted by Gasteiger charge is 2.09. The molecule has 1 N–H and O–H groups in total. The van der Waals surface area contributed by atoms with E-state index in [2.05, 4.69) is 15.0 Å². The zero-order valence-electron chi connectivity index (χ0n) is 9.53. The van der Waals surface area contributed by atoms with Gasteiger partial charge in [0.1, 0.15) is 5.82 Å². The van der Waals surface area contributed by atoms with Crippen LogP contribution in [0.4, 0.5) is 0 Å². The average Bonchev–Trinajstić information content (AvgIpc) is 2.70. The Labute approximate surface area is 93.8 Å². The zero-order chi connectivity index (χ0) is 11.7. The van der Waals surface area contributed by atoms with Gasteiger partial charge in [0.25, 0.3) is 0 Å². The molecule has 0 fully saturated rings. The summed E-state index contributed by atoms with van der Waals surface area (Å²) in [5.74, 6) is 0.751. The van der Waals surface area contributed by atoms with E-state index >= 15 is 0 Å². The second kappa shape index (κ2) is 3.89. The molecular formula is C12H13N3O. The van der Waals surface area contributed by atoms with E-state index in [0.717, 1.165) is 22.6 Å². The standard InChI is InChI=1S/C12H13N3O/c1-7-5-13-9(3)15-12(7)10-4-11(8(2)16)14-6-10/h4-6,14H,1-3H3. The van der Waals surface area contributed by atoms with E-state index in [1.807, 2.05) is 19.9 Å². The van der Waals surface area contributed by atoms with Crippen LogP contribution in [0.5, 0.6) is 0 Å². The van der Waals surface area contributed by atoms with Gasteiger partial charge < -0.3 is 4.98 Å². The van der Waals surface area contributed by atoms with E-state index in [-0.39, 0.29) is 5.78 Å². The minimum atomic E-state index is 0.0229. The lowest BCUT2D eigenvalue weighted by atomic mass is 10.1. The number of hydrogen-bond donors (Lipinski definition) is 1.